The molecule has 0 aromatic carbocycles. The van der Waals surface area contributed by atoms with Crippen molar-refractivity contribution in [3.63, 3.8) is 0 Å². The van der Waals surface area contributed by atoms with Crippen LogP contribution in [0, 0.1) is 11.8 Å². The Morgan fingerprint density at radius 2 is 1.21 bits per heavy atom. The fourth-order valence-electron chi connectivity index (χ4n) is 4.17. The van der Waals surface area contributed by atoms with Gasteiger partial charge in [-0.25, -0.2) is 0 Å². The molecule has 4 nitrogen and oxygen atoms in total. The number of hydrogen-bond donors (Lipinski definition) is 0. The van der Waals surface area contributed by atoms with E-state index in [-0.39, 0.29) is 30.4 Å². The predicted molar refractivity (Wildman–Crippen MR) is 119 cm³/mol. The standard InChI is InChI=1S/C25H44O4/c1-3-5-6-7-8-9-10-11-12-13-14-17-21-29-25(27)23-19-16-15-18-22(23)24(26)28-20-4-2/h4,22-23H,2-3,5-21H2,1H3. The van der Waals surface area contributed by atoms with E-state index in [4.69, 9.17) is 9.47 Å². The summed E-state index contributed by atoms with van der Waals surface area (Å²) in [4.78, 5) is 24.6. The summed E-state index contributed by atoms with van der Waals surface area (Å²) in [7, 11) is 0. The van der Waals surface area contributed by atoms with Crippen LogP contribution in [0.2, 0.25) is 0 Å². The van der Waals surface area contributed by atoms with Crippen LogP contribution in [0.25, 0.3) is 0 Å². The van der Waals surface area contributed by atoms with Crippen LogP contribution in [-0.4, -0.2) is 25.2 Å². The summed E-state index contributed by atoms with van der Waals surface area (Å²) in [5.74, 6) is -1.18. The molecule has 0 aromatic rings. The second-order valence-corrected chi connectivity index (χ2v) is 8.47. The topological polar surface area (TPSA) is 52.6 Å². The summed E-state index contributed by atoms with van der Waals surface area (Å²) >= 11 is 0. The van der Waals surface area contributed by atoms with E-state index in [1.165, 1.54) is 64.2 Å². The van der Waals surface area contributed by atoms with Crippen LogP contribution in [-0.2, 0) is 19.1 Å². The zero-order valence-corrected chi connectivity index (χ0v) is 18.8. The molecule has 0 aromatic heterocycles. The maximum Gasteiger partial charge on any atom is 0.310 e. The summed E-state index contributed by atoms with van der Waals surface area (Å²) in [6.07, 6.45) is 20.4. The number of unbranched alkanes of at least 4 members (excludes halogenated alkanes) is 11. The van der Waals surface area contributed by atoms with Crippen molar-refractivity contribution < 1.29 is 19.1 Å². The van der Waals surface area contributed by atoms with Crippen molar-refractivity contribution in [2.75, 3.05) is 13.2 Å². The summed E-state index contributed by atoms with van der Waals surface area (Å²) < 4.78 is 10.7. The molecule has 2 unspecified atom stereocenters. The third-order valence-electron chi connectivity index (χ3n) is 5.96. The van der Waals surface area contributed by atoms with Crippen molar-refractivity contribution in [1.82, 2.24) is 0 Å². The Kier molecular flexibility index (Phi) is 15.5. The Labute approximate surface area is 178 Å². The second kappa shape index (κ2) is 17.5. The Morgan fingerprint density at radius 3 is 1.69 bits per heavy atom. The van der Waals surface area contributed by atoms with E-state index in [2.05, 4.69) is 13.5 Å². The van der Waals surface area contributed by atoms with Crippen LogP contribution < -0.4 is 0 Å². The first-order chi connectivity index (χ1) is 14.2. The molecule has 1 saturated carbocycles. The molecule has 0 aliphatic heterocycles. The summed E-state index contributed by atoms with van der Waals surface area (Å²) in [5, 5.41) is 0. The molecule has 0 radical (unpaired) electrons. The summed E-state index contributed by atoms with van der Waals surface area (Å²) in [5.41, 5.74) is 0. The Hall–Kier alpha value is -1.32. The van der Waals surface area contributed by atoms with Gasteiger partial charge in [-0.05, 0) is 19.3 Å². The first-order valence-electron chi connectivity index (χ1n) is 12.1. The van der Waals surface area contributed by atoms with E-state index in [1.54, 1.807) is 6.08 Å². The van der Waals surface area contributed by atoms with Gasteiger partial charge in [0.25, 0.3) is 0 Å². The Bertz CT molecular complexity index is 446. The molecule has 1 aliphatic carbocycles. The van der Waals surface area contributed by atoms with Gasteiger partial charge < -0.3 is 9.47 Å². The van der Waals surface area contributed by atoms with Crippen molar-refractivity contribution in [3.05, 3.63) is 12.7 Å². The molecule has 4 heteroatoms. The average molecular weight is 409 g/mol. The van der Waals surface area contributed by atoms with E-state index < -0.39 is 0 Å². The van der Waals surface area contributed by atoms with Crippen LogP contribution in [0.3, 0.4) is 0 Å². The molecule has 2 atom stereocenters. The van der Waals surface area contributed by atoms with Crippen LogP contribution in [0.5, 0.6) is 0 Å². The van der Waals surface area contributed by atoms with Crippen LogP contribution >= 0.6 is 0 Å². The van der Waals surface area contributed by atoms with Crippen LogP contribution in [0.1, 0.15) is 110 Å². The zero-order valence-electron chi connectivity index (χ0n) is 18.8. The predicted octanol–water partition coefficient (Wildman–Crippen LogP) is 6.77. The molecule has 0 heterocycles. The highest BCUT2D eigenvalue weighted by Gasteiger charge is 2.37. The van der Waals surface area contributed by atoms with Crippen molar-refractivity contribution in [1.29, 1.82) is 0 Å². The average Bonchev–Trinajstić information content (AvgIpc) is 2.75. The fourth-order valence-corrected chi connectivity index (χ4v) is 4.17. The van der Waals surface area contributed by atoms with Gasteiger partial charge in [-0.2, -0.15) is 0 Å². The lowest BCUT2D eigenvalue weighted by Gasteiger charge is -2.28. The lowest BCUT2D eigenvalue weighted by atomic mass is 9.79. The van der Waals surface area contributed by atoms with Gasteiger partial charge >= 0.3 is 11.9 Å². The van der Waals surface area contributed by atoms with Gasteiger partial charge in [0.1, 0.15) is 6.61 Å². The van der Waals surface area contributed by atoms with Gasteiger partial charge in [0.05, 0.1) is 18.4 Å². The number of rotatable bonds is 17. The number of carbonyl (C=O) groups excluding carboxylic acids is 2. The van der Waals surface area contributed by atoms with Gasteiger partial charge in [0, 0.05) is 0 Å². The number of hydrogen-bond acceptors (Lipinski definition) is 4. The molecular formula is C25H44O4. The SMILES string of the molecule is C=CCOC(=O)C1CCCCC1C(=O)OCCCCCCCCCCCCCC. The molecule has 0 spiro atoms. The molecule has 0 bridgehead atoms. The molecule has 1 aliphatic rings. The molecule has 1 fully saturated rings. The molecule has 0 amide bonds. The monoisotopic (exact) mass is 408 g/mol. The molecule has 1 rings (SSSR count). The fraction of sp³-hybridized carbons (Fsp3) is 0.840. The quantitative estimate of drug-likeness (QED) is 0.151. The largest absolute Gasteiger partial charge is 0.465 e. The Morgan fingerprint density at radius 1 is 0.759 bits per heavy atom. The third-order valence-corrected chi connectivity index (χ3v) is 5.96. The highest BCUT2D eigenvalue weighted by Crippen LogP contribution is 2.32. The first-order valence-corrected chi connectivity index (χ1v) is 12.1. The second-order valence-electron chi connectivity index (χ2n) is 8.47. The minimum absolute atomic E-state index is 0.204. The van der Waals surface area contributed by atoms with E-state index in [0.717, 1.165) is 32.1 Å². The van der Waals surface area contributed by atoms with Crippen LogP contribution in [0.4, 0.5) is 0 Å². The lowest BCUT2D eigenvalue weighted by molar-refractivity contribution is -0.162. The first kappa shape index (κ1) is 25.7. The number of carbonyl (C=O) groups is 2. The minimum Gasteiger partial charge on any atom is -0.465 e. The summed E-state index contributed by atoms with van der Waals surface area (Å²) in [6, 6.07) is 0. The lowest BCUT2D eigenvalue weighted by Crippen LogP contribution is -2.35. The van der Waals surface area contributed by atoms with Gasteiger partial charge in [0.2, 0.25) is 0 Å². The van der Waals surface area contributed by atoms with Crippen molar-refractivity contribution in [3.8, 4) is 0 Å². The smallest absolute Gasteiger partial charge is 0.310 e. The highest BCUT2D eigenvalue weighted by atomic mass is 16.5. The van der Waals surface area contributed by atoms with E-state index in [1.807, 2.05) is 0 Å². The van der Waals surface area contributed by atoms with Crippen molar-refractivity contribution in [2.24, 2.45) is 11.8 Å². The normalized spacial score (nSPS) is 18.9. The van der Waals surface area contributed by atoms with Gasteiger partial charge in [-0.1, -0.05) is 103 Å². The molecule has 0 N–H and O–H groups in total. The van der Waals surface area contributed by atoms with E-state index in [0.29, 0.717) is 13.0 Å². The zero-order chi connectivity index (χ0) is 21.2. The van der Waals surface area contributed by atoms with Gasteiger partial charge in [0.15, 0.2) is 0 Å². The van der Waals surface area contributed by atoms with Gasteiger partial charge in [-0.3, -0.25) is 9.59 Å². The van der Waals surface area contributed by atoms with E-state index >= 15 is 0 Å². The molecule has 29 heavy (non-hydrogen) atoms. The summed E-state index contributed by atoms with van der Waals surface area (Å²) in [6.45, 7) is 6.50. The highest BCUT2D eigenvalue weighted by molar-refractivity contribution is 5.82. The van der Waals surface area contributed by atoms with Crippen molar-refractivity contribution >= 4 is 11.9 Å². The molecule has 168 valence electrons. The van der Waals surface area contributed by atoms with E-state index in [9.17, 15) is 9.59 Å². The molecular weight excluding hydrogens is 364 g/mol. The molecule has 0 saturated heterocycles. The maximum atomic E-state index is 12.4. The third kappa shape index (κ3) is 12.1. The Balaban J connectivity index is 2.05. The van der Waals surface area contributed by atoms with Crippen molar-refractivity contribution in [2.45, 2.75) is 110 Å². The number of ether oxygens (including phenoxy) is 2. The van der Waals surface area contributed by atoms with Gasteiger partial charge in [-0.15, -0.1) is 0 Å². The maximum absolute atomic E-state index is 12.4. The minimum atomic E-state index is -0.349. The number of esters is 2. The van der Waals surface area contributed by atoms with Crippen LogP contribution in [0.15, 0.2) is 12.7 Å².